The minimum absolute atomic E-state index is 0.467. The monoisotopic (exact) mass is 240 g/mol. The number of rotatable bonds is 6. The molecule has 17 heavy (non-hydrogen) atoms. The number of hydrogen-bond donors (Lipinski definition) is 1. The van der Waals surface area contributed by atoms with Crippen LogP contribution in [0.5, 0.6) is 0 Å². The van der Waals surface area contributed by atoms with Crippen LogP contribution in [-0.2, 0) is 0 Å². The van der Waals surface area contributed by atoms with Gasteiger partial charge >= 0.3 is 0 Å². The minimum Gasteiger partial charge on any atom is -0.328 e. The molecule has 0 aromatic carbocycles. The van der Waals surface area contributed by atoms with Gasteiger partial charge in [-0.25, -0.2) is 0 Å². The Morgan fingerprint density at radius 2 is 1.59 bits per heavy atom. The lowest BCUT2D eigenvalue weighted by Gasteiger charge is -2.41. The van der Waals surface area contributed by atoms with Gasteiger partial charge in [-0.05, 0) is 44.4 Å². The Kier molecular flexibility index (Phi) is 6.50. The van der Waals surface area contributed by atoms with Gasteiger partial charge in [0.25, 0.3) is 0 Å². The van der Waals surface area contributed by atoms with Crippen LogP contribution in [0.3, 0.4) is 0 Å². The van der Waals surface area contributed by atoms with Gasteiger partial charge in [0.05, 0.1) is 0 Å². The first-order valence-corrected chi connectivity index (χ1v) is 7.59. The van der Waals surface area contributed by atoms with Crippen molar-refractivity contribution >= 4 is 0 Å². The van der Waals surface area contributed by atoms with E-state index in [2.05, 4.69) is 32.6 Å². The molecule has 0 radical (unpaired) electrons. The van der Waals surface area contributed by atoms with Crippen molar-refractivity contribution in [2.24, 2.45) is 11.7 Å². The van der Waals surface area contributed by atoms with Crippen LogP contribution in [-0.4, -0.2) is 29.6 Å². The van der Waals surface area contributed by atoms with E-state index < -0.39 is 0 Å². The molecule has 0 aliphatic heterocycles. The van der Waals surface area contributed by atoms with Crippen LogP contribution in [0.1, 0.15) is 66.2 Å². The van der Waals surface area contributed by atoms with E-state index >= 15 is 0 Å². The van der Waals surface area contributed by atoms with Gasteiger partial charge < -0.3 is 5.73 Å². The molecule has 2 N–H and O–H groups in total. The first-order chi connectivity index (χ1) is 8.08. The quantitative estimate of drug-likeness (QED) is 0.771. The lowest BCUT2D eigenvalue weighted by molar-refractivity contribution is 0.0812. The smallest absolute Gasteiger partial charge is 0.00994 e. The van der Waals surface area contributed by atoms with Gasteiger partial charge in [-0.2, -0.15) is 0 Å². The molecule has 102 valence electrons. The lowest BCUT2D eigenvalue weighted by Crippen LogP contribution is -2.47. The molecule has 1 rings (SSSR count). The minimum atomic E-state index is 0.467. The maximum Gasteiger partial charge on any atom is 0.00994 e. The molecule has 1 saturated carbocycles. The van der Waals surface area contributed by atoms with Crippen LogP contribution in [0.4, 0.5) is 0 Å². The maximum absolute atomic E-state index is 6.02. The van der Waals surface area contributed by atoms with Crippen molar-refractivity contribution in [2.45, 2.75) is 84.3 Å². The van der Waals surface area contributed by atoms with Crippen molar-refractivity contribution < 1.29 is 0 Å². The summed E-state index contributed by atoms with van der Waals surface area (Å²) in [4.78, 5) is 2.79. The molecule has 0 aromatic heterocycles. The van der Waals surface area contributed by atoms with E-state index in [0.717, 1.165) is 18.0 Å². The zero-order valence-corrected chi connectivity index (χ0v) is 12.3. The van der Waals surface area contributed by atoms with Gasteiger partial charge in [0.1, 0.15) is 0 Å². The van der Waals surface area contributed by atoms with Gasteiger partial charge in [-0.1, -0.05) is 27.7 Å². The third kappa shape index (κ3) is 4.59. The van der Waals surface area contributed by atoms with Crippen molar-refractivity contribution in [3.05, 3.63) is 0 Å². The van der Waals surface area contributed by atoms with Crippen molar-refractivity contribution in [1.82, 2.24) is 4.90 Å². The first-order valence-electron chi connectivity index (χ1n) is 7.59. The predicted octanol–water partition coefficient (Wildman–Crippen LogP) is 3.40. The third-order valence-corrected chi connectivity index (χ3v) is 4.20. The van der Waals surface area contributed by atoms with E-state index in [4.69, 9.17) is 5.73 Å². The second-order valence-corrected chi connectivity index (χ2v) is 6.13. The largest absolute Gasteiger partial charge is 0.328 e. The summed E-state index contributed by atoms with van der Waals surface area (Å²) in [7, 11) is 0. The molecule has 0 aromatic rings. The Morgan fingerprint density at radius 1 is 1.06 bits per heavy atom. The number of nitrogens with two attached hydrogens (primary N) is 1. The van der Waals surface area contributed by atoms with E-state index in [1.165, 1.54) is 45.1 Å². The predicted molar refractivity (Wildman–Crippen MR) is 76.1 cm³/mol. The molecule has 0 saturated heterocycles. The zero-order valence-electron chi connectivity index (χ0n) is 12.3. The second-order valence-electron chi connectivity index (χ2n) is 6.13. The summed E-state index contributed by atoms with van der Waals surface area (Å²) in [5.74, 6) is 0.770. The van der Waals surface area contributed by atoms with Crippen LogP contribution in [0.25, 0.3) is 0 Å². The van der Waals surface area contributed by atoms with E-state index in [9.17, 15) is 0 Å². The van der Waals surface area contributed by atoms with Gasteiger partial charge in [0.2, 0.25) is 0 Å². The highest BCUT2D eigenvalue weighted by Gasteiger charge is 2.28. The summed E-state index contributed by atoms with van der Waals surface area (Å²) in [5, 5.41) is 0. The van der Waals surface area contributed by atoms with Crippen LogP contribution >= 0.6 is 0 Å². The summed E-state index contributed by atoms with van der Waals surface area (Å²) < 4.78 is 0. The summed E-state index contributed by atoms with van der Waals surface area (Å²) in [6.45, 7) is 10.6. The molecule has 2 nitrogen and oxygen atoms in total. The van der Waals surface area contributed by atoms with E-state index in [1.807, 2.05) is 0 Å². The Morgan fingerprint density at radius 3 is 2.00 bits per heavy atom. The summed E-state index contributed by atoms with van der Waals surface area (Å²) >= 11 is 0. The average Bonchev–Trinajstić information content (AvgIpc) is 2.30. The molecule has 0 atom stereocenters. The van der Waals surface area contributed by atoms with Crippen LogP contribution in [0.15, 0.2) is 0 Å². The Balaban J connectivity index is 2.61. The number of hydrogen-bond acceptors (Lipinski definition) is 2. The highest BCUT2D eigenvalue weighted by atomic mass is 15.2. The van der Waals surface area contributed by atoms with Crippen molar-refractivity contribution in [3.8, 4) is 0 Å². The number of nitrogens with zero attached hydrogens (tertiary/aromatic N) is 1. The highest BCUT2D eigenvalue weighted by Crippen LogP contribution is 2.26. The molecule has 0 spiro atoms. The van der Waals surface area contributed by atoms with Gasteiger partial charge in [-0.15, -0.1) is 0 Å². The van der Waals surface area contributed by atoms with Gasteiger partial charge in [0, 0.05) is 24.7 Å². The summed E-state index contributed by atoms with van der Waals surface area (Å²) in [5.41, 5.74) is 6.02. The molecule has 1 aliphatic carbocycles. The van der Waals surface area contributed by atoms with E-state index in [1.54, 1.807) is 0 Å². The molecular formula is C15H32N2. The van der Waals surface area contributed by atoms with Crippen LogP contribution < -0.4 is 5.73 Å². The van der Waals surface area contributed by atoms with Gasteiger partial charge in [-0.3, -0.25) is 4.90 Å². The van der Waals surface area contributed by atoms with Crippen molar-refractivity contribution in [1.29, 1.82) is 0 Å². The molecule has 0 amide bonds. The topological polar surface area (TPSA) is 29.3 Å². The Bertz CT molecular complexity index is 191. The van der Waals surface area contributed by atoms with E-state index in [0.29, 0.717) is 6.04 Å². The first kappa shape index (κ1) is 15.0. The standard InChI is InChI=1S/C15H32N2/c1-5-14(6-2)17(11-12(3)4)15-9-7-13(16)8-10-15/h12-15H,5-11,16H2,1-4H3. The highest BCUT2D eigenvalue weighted by molar-refractivity contribution is 4.84. The summed E-state index contributed by atoms with van der Waals surface area (Å²) in [6, 6.07) is 2.03. The van der Waals surface area contributed by atoms with Gasteiger partial charge in [0.15, 0.2) is 0 Å². The van der Waals surface area contributed by atoms with E-state index in [-0.39, 0.29) is 0 Å². The van der Waals surface area contributed by atoms with Crippen molar-refractivity contribution in [3.63, 3.8) is 0 Å². The fourth-order valence-corrected chi connectivity index (χ4v) is 3.21. The maximum atomic E-state index is 6.02. The lowest BCUT2D eigenvalue weighted by atomic mass is 9.89. The molecule has 1 fully saturated rings. The molecule has 2 heteroatoms. The normalized spacial score (nSPS) is 26.1. The molecule has 1 aliphatic rings. The Hall–Kier alpha value is -0.0800. The van der Waals surface area contributed by atoms with Crippen LogP contribution in [0.2, 0.25) is 0 Å². The Labute approximate surface area is 108 Å². The fourth-order valence-electron chi connectivity index (χ4n) is 3.21. The third-order valence-electron chi connectivity index (χ3n) is 4.20. The SMILES string of the molecule is CCC(CC)N(CC(C)C)C1CCC(N)CC1. The molecule has 0 bridgehead atoms. The molecule has 0 heterocycles. The van der Waals surface area contributed by atoms with Crippen molar-refractivity contribution in [2.75, 3.05) is 6.54 Å². The average molecular weight is 240 g/mol. The van der Waals surface area contributed by atoms with Crippen LogP contribution in [0, 0.1) is 5.92 Å². The molecular weight excluding hydrogens is 208 g/mol. The molecule has 0 unspecified atom stereocenters. The second kappa shape index (κ2) is 7.38. The fraction of sp³-hybridized carbons (Fsp3) is 1.00. The zero-order chi connectivity index (χ0) is 12.8. The summed E-state index contributed by atoms with van der Waals surface area (Å²) in [6.07, 6.45) is 7.63.